The lowest BCUT2D eigenvalue weighted by Crippen LogP contribution is -2.18. The average molecular weight is 229 g/mol. The molecular formula is C13H15N3O. The number of rotatable bonds is 1. The fourth-order valence-electron chi connectivity index (χ4n) is 2.34. The zero-order valence-electron chi connectivity index (χ0n) is 9.79. The summed E-state index contributed by atoms with van der Waals surface area (Å²) in [6.07, 6.45) is 0.855. The van der Waals surface area contributed by atoms with Crippen molar-refractivity contribution >= 4 is 16.6 Å². The van der Waals surface area contributed by atoms with Crippen LogP contribution in [0.25, 0.3) is 10.9 Å². The van der Waals surface area contributed by atoms with Crippen LogP contribution < -0.4 is 11.3 Å². The predicted molar refractivity (Wildman–Crippen MR) is 67.7 cm³/mol. The Morgan fingerprint density at radius 1 is 1.41 bits per heavy atom. The van der Waals surface area contributed by atoms with E-state index in [-0.39, 0.29) is 0 Å². The molecule has 88 valence electrons. The van der Waals surface area contributed by atoms with Crippen molar-refractivity contribution < 1.29 is 4.74 Å². The number of hydrazine groups is 1. The van der Waals surface area contributed by atoms with Crippen LogP contribution in [0, 0.1) is 6.92 Å². The highest BCUT2D eigenvalue weighted by Gasteiger charge is 2.17. The first-order chi connectivity index (χ1) is 8.29. The number of anilines is 1. The van der Waals surface area contributed by atoms with E-state index in [1.165, 1.54) is 5.56 Å². The van der Waals surface area contributed by atoms with Crippen molar-refractivity contribution in [2.24, 2.45) is 5.84 Å². The molecule has 0 spiro atoms. The summed E-state index contributed by atoms with van der Waals surface area (Å²) in [7, 11) is 0. The van der Waals surface area contributed by atoms with Crippen LogP contribution >= 0.6 is 0 Å². The highest BCUT2D eigenvalue weighted by molar-refractivity contribution is 5.93. The number of fused-ring (bicyclic) bond motifs is 2. The second-order valence-electron chi connectivity index (χ2n) is 4.38. The Hall–Kier alpha value is -1.65. The number of benzene rings is 1. The van der Waals surface area contributed by atoms with Crippen molar-refractivity contribution in [2.75, 3.05) is 12.0 Å². The molecule has 0 saturated heterocycles. The van der Waals surface area contributed by atoms with Crippen LogP contribution in [0.5, 0.6) is 0 Å². The normalized spacial score (nSPS) is 14.7. The fourth-order valence-corrected chi connectivity index (χ4v) is 2.34. The number of hydrogen-bond acceptors (Lipinski definition) is 4. The van der Waals surface area contributed by atoms with Gasteiger partial charge in [0.15, 0.2) is 0 Å². The molecule has 0 aliphatic carbocycles. The van der Waals surface area contributed by atoms with E-state index < -0.39 is 0 Å². The maximum absolute atomic E-state index is 5.66. The second-order valence-corrected chi connectivity index (χ2v) is 4.38. The van der Waals surface area contributed by atoms with Crippen molar-refractivity contribution in [3.63, 3.8) is 0 Å². The van der Waals surface area contributed by atoms with Crippen LogP contribution in [0.4, 0.5) is 5.69 Å². The molecule has 1 aliphatic rings. The van der Waals surface area contributed by atoms with Gasteiger partial charge in [-0.1, -0.05) is 11.6 Å². The predicted octanol–water partition coefficient (Wildman–Crippen LogP) is 1.90. The molecular weight excluding hydrogens is 214 g/mol. The van der Waals surface area contributed by atoms with E-state index in [1.807, 2.05) is 6.07 Å². The van der Waals surface area contributed by atoms with Gasteiger partial charge in [0, 0.05) is 17.4 Å². The molecule has 2 aromatic rings. The average Bonchev–Trinajstić information content (AvgIpc) is 2.36. The molecule has 0 saturated carbocycles. The van der Waals surface area contributed by atoms with Crippen molar-refractivity contribution in [1.29, 1.82) is 0 Å². The molecule has 0 atom stereocenters. The van der Waals surface area contributed by atoms with Crippen LogP contribution in [-0.2, 0) is 17.8 Å². The first kappa shape index (κ1) is 10.5. The molecule has 0 amide bonds. The van der Waals surface area contributed by atoms with Crippen LogP contribution in [0.3, 0.4) is 0 Å². The van der Waals surface area contributed by atoms with E-state index in [9.17, 15) is 0 Å². The van der Waals surface area contributed by atoms with Gasteiger partial charge in [0.2, 0.25) is 0 Å². The number of aromatic nitrogens is 1. The number of nitrogens with one attached hydrogen (secondary N) is 1. The molecule has 1 aliphatic heterocycles. The monoisotopic (exact) mass is 229 g/mol. The summed E-state index contributed by atoms with van der Waals surface area (Å²) in [5.74, 6) is 5.66. The Morgan fingerprint density at radius 3 is 3.12 bits per heavy atom. The maximum atomic E-state index is 5.66. The van der Waals surface area contributed by atoms with E-state index in [2.05, 4.69) is 29.5 Å². The highest BCUT2D eigenvalue weighted by Crippen LogP contribution is 2.31. The fraction of sp³-hybridized carbons (Fsp3) is 0.308. The first-order valence-electron chi connectivity index (χ1n) is 5.76. The smallest absolute Gasteiger partial charge is 0.0755 e. The quantitative estimate of drug-likeness (QED) is 0.579. The summed E-state index contributed by atoms with van der Waals surface area (Å²) in [4.78, 5) is 4.69. The van der Waals surface area contributed by atoms with Gasteiger partial charge in [-0.3, -0.25) is 10.8 Å². The first-order valence-corrected chi connectivity index (χ1v) is 5.76. The molecule has 17 heavy (non-hydrogen) atoms. The van der Waals surface area contributed by atoms with Gasteiger partial charge in [-0.15, -0.1) is 0 Å². The van der Waals surface area contributed by atoms with Gasteiger partial charge in [-0.25, -0.2) is 0 Å². The minimum absolute atomic E-state index is 0.589. The lowest BCUT2D eigenvalue weighted by Gasteiger charge is -2.20. The van der Waals surface area contributed by atoms with Crippen LogP contribution in [-0.4, -0.2) is 11.6 Å². The third-order valence-electron chi connectivity index (χ3n) is 3.20. The topological polar surface area (TPSA) is 60.2 Å². The van der Waals surface area contributed by atoms with E-state index in [1.54, 1.807) is 0 Å². The zero-order valence-corrected chi connectivity index (χ0v) is 9.79. The number of nitrogens with two attached hydrogens (primary N) is 1. The van der Waals surface area contributed by atoms with Gasteiger partial charge in [-0.05, 0) is 19.1 Å². The summed E-state index contributed by atoms with van der Waals surface area (Å²) >= 11 is 0. The van der Waals surface area contributed by atoms with E-state index in [0.717, 1.165) is 40.9 Å². The minimum Gasteiger partial charge on any atom is -0.376 e. The van der Waals surface area contributed by atoms with Gasteiger partial charge in [0.25, 0.3) is 0 Å². The molecule has 1 aromatic carbocycles. The largest absolute Gasteiger partial charge is 0.376 e. The van der Waals surface area contributed by atoms with Crippen molar-refractivity contribution in [2.45, 2.75) is 20.0 Å². The second kappa shape index (κ2) is 3.98. The molecule has 3 rings (SSSR count). The standard InChI is InChI=1S/C13H15N3O/c1-8-2-3-11-9(6-8)13(16-14)10-7-17-5-4-12(10)15-11/h2-3,6H,4-5,7,14H2,1H3,(H,15,16). The number of hydrogen-bond donors (Lipinski definition) is 2. The summed E-state index contributed by atoms with van der Waals surface area (Å²) < 4.78 is 5.48. The SMILES string of the molecule is Cc1ccc2nc3c(c(NN)c2c1)COCC3. The highest BCUT2D eigenvalue weighted by atomic mass is 16.5. The molecule has 0 bridgehead atoms. The molecule has 0 unspecified atom stereocenters. The molecule has 3 N–H and O–H groups in total. The molecule has 1 aromatic heterocycles. The molecule has 0 fully saturated rings. The Kier molecular flexibility index (Phi) is 2.46. The van der Waals surface area contributed by atoms with Crippen molar-refractivity contribution in [3.05, 3.63) is 35.0 Å². The minimum atomic E-state index is 0.589. The molecule has 4 heteroatoms. The van der Waals surface area contributed by atoms with Gasteiger partial charge in [0.05, 0.1) is 30.1 Å². The lowest BCUT2D eigenvalue weighted by atomic mass is 10.0. The van der Waals surface area contributed by atoms with Crippen molar-refractivity contribution in [1.82, 2.24) is 4.98 Å². The summed E-state index contributed by atoms with van der Waals surface area (Å²) in [6, 6.07) is 6.22. The Labute approximate surface area is 99.8 Å². The molecule has 4 nitrogen and oxygen atoms in total. The number of nitrogen functional groups attached to an aromatic ring is 1. The third-order valence-corrected chi connectivity index (χ3v) is 3.20. The van der Waals surface area contributed by atoms with Crippen LogP contribution in [0.15, 0.2) is 18.2 Å². The van der Waals surface area contributed by atoms with E-state index in [0.29, 0.717) is 6.61 Å². The number of nitrogens with zero attached hydrogens (tertiary/aromatic N) is 1. The number of ether oxygens (including phenoxy) is 1. The zero-order chi connectivity index (χ0) is 11.8. The summed E-state index contributed by atoms with van der Waals surface area (Å²) in [5.41, 5.74) is 8.14. The molecule has 0 radical (unpaired) electrons. The van der Waals surface area contributed by atoms with Crippen LogP contribution in [0.1, 0.15) is 16.8 Å². The van der Waals surface area contributed by atoms with Gasteiger partial charge >= 0.3 is 0 Å². The van der Waals surface area contributed by atoms with Crippen LogP contribution in [0.2, 0.25) is 0 Å². The Morgan fingerprint density at radius 2 is 2.29 bits per heavy atom. The summed E-state index contributed by atoms with van der Waals surface area (Å²) in [5, 5.41) is 1.07. The number of pyridine rings is 1. The van der Waals surface area contributed by atoms with Gasteiger partial charge < -0.3 is 10.2 Å². The lowest BCUT2D eigenvalue weighted by molar-refractivity contribution is 0.110. The van der Waals surface area contributed by atoms with E-state index >= 15 is 0 Å². The van der Waals surface area contributed by atoms with E-state index in [4.69, 9.17) is 10.6 Å². The van der Waals surface area contributed by atoms with Gasteiger partial charge in [-0.2, -0.15) is 0 Å². The summed E-state index contributed by atoms with van der Waals surface area (Å²) in [6.45, 7) is 3.39. The number of aryl methyl sites for hydroxylation is 1. The maximum Gasteiger partial charge on any atom is 0.0755 e. The van der Waals surface area contributed by atoms with Gasteiger partial charge in [0.1, 0.15) is 0 Å². The molecule has 2 heterocycles. The Bertz CT molecular complexity index is 580. The third kappa shape index (κ3) is 1.66. The van der Waals surface area contributed by atoms with Crippen molar-refractivity contribution in [3.8, 4) is 0 Å². The Balaban J connectivity index is 2.35.